The number of imide groups is 1. The second-order valence-corrected chi connectivity index (χ2v) is 9.31. The Morgan fingerprint density at radius 1 is 1.26 bits per heavy atom. The van der Waals surface area contributed by atoms with E-state index in [4.69, 9.17) is 12.2 Å². The lowest BCUT2D eigenvalue weighted by Crippen LogP contribution is -2.53. The summed E-state index contributed by atoms with van der Waals surface area (Å²) in [6.07, 6.45) is 4.92. The van der Waals surface area contributed by atoms with Crippen molar-refractivity contribution in [2.24, 2.45) is 5.92 Å². The number of carboxylic acids is 1. The quantitative estimate of drug-likeness (QED) is 0.349. The zero-order valence-corrected chi connectivity index (χ0v) is 18.7. The van der Waals surface area contributed by atoms with Gasteiger partial charge in [0.2, 0.25) is 5.91 Å². The predicted molar refractivity (Wildman–Crippen MR) is 119 cm³/mol. The van der Waals surface area contributed by atoms with Gasteiger partial charge in [0.15, 0.2) is 0 Å². The van der Waals surface area contributed by atoms with Crippen molar-refractivity contribution in [1.82, 2.24) is 9.80 Å². The Kier molecular flexibility index (Phi) is 7.07. The average molecular weight is 458 g/mol. The zero-order chi connectivity index (χ0) is 22.7. The van der Waals surface area contributed by atoms with Gasteiger partial charge >= 0.3 is 0 Å². The summed E-state index contributed by atoms with van der Waals surface area (Å²) in [5.41, 5.74) is 0.958. The van der Waals surface area contributed by atoms with Crippen LogP contribution in [0.5, 0.6) is 0 Å². The van der Waals surface area contributed by atoms with Crippen LogP contribution in [0.25, 0.3) is 6.08 Å². The van der Waals surface area contributed by atoms with Crippen molar-refractivity contribution in [3.63, 3.8) is 0 Å². The lowest BCUT2D eigenvalue weighted by molar-refractivity contribution is -0.311. The van der Waals surface area contributed by atoms with Crippen molar-refractivity contribution in [2.45, 2.75) is 38.8 Å². The summed E-state index contributed by atoms with van der Waals surface area (Å²) in [7, 11) is 0. The highest BCUT2D eigenvalue weighted by atomic mass is 32.2. The number of thioether (sulfide) groups is 1. The molecule has 2 heterocycles. The van der Waals surface area contributed by atoms with E-state index in [-0.39, 0.29) is 23.1 Å². The summed E-state index contributed by atoms with van der Waals surface area (Å²) >= 11 is 6.33. The van der Waals surface area contributed by atoms with Gasteiger partial charge in [-0.25, -0.2) is 0 Å². The maximum absolute atomic E-state index is 12.9. The Morgan fingerprint density at radius 2 is 1.94 bits per heavy atom. The Bertz CT molecular complexity index is 987. The number of hydrogen-bond donors (Lipinski definition) is 0. The number of benzene rings is 1. The summed E-state index contributed by atoms with van der Waals surface area (Å²) in [6.45, 7) is 3.57. The molecule has 1 aromatic carbocycles. The molecule has 31 heavy (non-hydrogen) atoms. The molecule has 0 aliphatic carbocycles. The molecule has 0 saturated carbocycles. The number of nitrogens with zero attached hydrogens (tertiary/aromatic N) is 2. The molecule has 0 radical (unpaired) electrons. The third-order valence-corrected chi connectivity index (χ3v) is 6.26. The van der Waals surface area contributed by atoms with E-state index in [0.717, 1.165) is 27.1 Å². The molecule has 7 nitrogen and oxygen atoms in total. The summed E-state index contributed by atoms with van der Waals surface area (Å²) in [5, 5.41) is 11.6. The van der Waals surface area contributed by atoms with E-state index in [9.17, 15) is 24.3 Å². The van der Waals surface area contributed by atoms with Crippen LogP contribution >= 0.6 is 24.0 Å². The number of aliphatic carboxylic acids is 1. The number of allylic oxidation sites excluding steroid dienone is 2. The molecule has 2 fully saturated rings. The first kappa shape index (κ1) is 22.9. The molecule has 3 amide bonds. The fourth-order valence-electron chi connectivity index (χ4n) is 3.49. The largest absolute Gasteiger partial charge is 0.548 e. The third-order valence-electron chi connectivity index (χ3n) is 4.91. The highest BCUT2D eigenvalue weighted by Gasteiger charge is 2.50. The van der Waals surface area contributed by atoms with E-state index in [2.05, 4.69) is 0 Å². The molecule has 0 N–H and O–H groups in total. The molecule has 0 bridgehead atoms. The van der Waals surface area contributed by atoms with E-state index in [0.29, 0.717) is 4.91 Å². The van der Waals surface area contributed by atoms with Crippen LogP contribution in [0.2, 0.25) is 0 Å². The average Bonchev–Trinajstić information content (AvgIpc) is 3.15. The molecular weight excluding hydrogens is 436 g/mol. The number of thiocarbonyl (C=S) groups is 1. The van der Waals surface area contributed by atoms with Gasteiger partial charge in [0, 0.05) is 0 Å². The minimum absolute atomic E-state index is 0.0708. The van der Waals surface area contributed by atoms with Crippen molar-refractivity contribution in [1.29, 1.82) is 0 Å². The first-order chi connectivity index (χ1) is 14.7. The van der Waals surface area contributed by atoms with Crippen LogP contribution in [-0.4, -0.2) is 49.9 Å². The molecule has 2 atom stereocenters. The monoisotopic (exact) mass is 457 g/mol. The maximum atomic E-state index is 12.9. The lowest BCUT2D eigenvalue weighted by atomic mass is 10.0. The summed E-state index contributed by atoms with van der Waals surface area (Å²) in [6, 6.07) is 7.01. The number of carbonyl (C=O) groups excluding carboxylic acids is 4. The molecule has 0 spiro atoms. The molecule has 9 heteroatoms. The molecule has 3 rings (SSSR count). The van der Waals surface area contributed by atoms with Gasteiger partial charge < -0.3 is 9.90 Å². The van der Waals surface area contributed by atoms with Crippen LogP contribution in [0.15, 0.2) is 47.4 Å². The number of carbonyl (C=O) groups is 4. The summed E-state index contributed by atoms with van der Waals surface area (Å²) in [4.78, 5) is 52.1. The van der Waals surface area contributed by atoms with Gasteiger partial charge in [-0.3, -0.25) is 24.2 Å². The van der Waals surface area contributed by atoms with E-state index < -0.39 is 35.8 Å². The van der Waals surface area contributed by atoms with Gasteiger partial charge in [0.1, 0.15) is 10.4 Å². The lowest BCUT2D eigenvalue weighted by Gasteiger charge is -2.29. The normalized spacial score (nSPS) is 21.9. The first-order valence-corrected chi connectivity index (χ1v) is 11.0. The summed E-state index contributed by atoms with van der Waals surface area (Å²) in [5.74, 6) is -3.43. The number of likely N-dealkylation sites (tertiary alicyclic amines) is 1. The van der Waals surface area contributed by atoms with Crippen LogP contribution in [0.4, 0.5) is 0 Å². The van der Waals surface area contributed by atoms with Crippen LogP contribution < -0.4 is 5.11 Å². The molecule has 162 valence electrons. The van der Waals surface area contributed by atoms with Crippen molar-refractivity contribution in [3.05, 3.63) is 53.0 Å². The predicted octanol–water partition coefficient (Wildman–Crippen LogP) is 1.74. The van der Waals surface area contributed by atoms with Crippen LogP contribution in [0.1, 0.15) is 32.3 Å². The highest BCUT2D eigenvalue weighted by molar-refractivity contribution is 8.26. The van der Waals surface area contributed by atoms with Crippen molar-refractivity contribution in [2.75, 3.05) is 0 Å². The highest BCUT2D eigenvalue weighted by Crippen LogP contribution is 2.36. The third kappa shape index (κ3) is 4.94. The number of amides is 3. The van der Waals surface area contributed by atoms with Gasteiger partial charge in [-0.1, -0.05) is 80.3 Å². The summed E-state index contributed by atoms with van der Waals surface area (Å²) < 4.78 is 0.159. The van der Waals surface area contributed by atoms with Gasteiger partial charge in [-0.2, -0.15) is 0 Å². The topological polar surface area (TPSA) is 97.8 Å². The molecule has 2 saturated heterocycles. The molecule has 2 aliphatic rings. The molecule has 0 aromatic heterocycles. The molecule has 2 aliphatic heterocycles. The molecule has 2 unspecified atom stereocenters. The maximum Gasteiger partial charge on any atom is 0.266 e. The Balaban J connectivity index is 1.79. The standard InChI is InChI=1S/C22H22N2O5S2/c1-13(2)11-16(21(28)29)23-18(25)12-15(19(23)26)24-20(27)17(31-22(24)30)10-6-9-14-7-4-3-5-8-14/h3-10,13,15-16H,11-12H2,1-2H3,(H,28,29)/p-1. The van der Waals surface area contributed by atoms with E-state index in [1.165, 1.54) is 0 Å². The minimum atomic E-state index is -1.49. The van der Waals surface area contributed by atoms with Gasteiger partial charge in [0.25, 0.3) is 11.8 Å². The number of hydrogen-bond acceptors (Lipinski definition) is 7. The van der Waals surface area contributed by atoms with Crippen LogP contribution in [0, 0.1) is 5.92 Å². The second-order valence-electron chi connectivity index (χ2n) is 7.63. The Morgan fingerprint density at radius 3 is 2.55 bits per heavy atom. The smallest absolute Gasteiger partial charge is 0.266 e. The number of carboxylic acid groups (broad SMARTS) is 1. The minimum Gasteiger partial charge on any atom is -0.548 e. The number of rotatable bonds is 7. The zero-order valence-electron chi connectivity index (χ0n) is 17.0. The molecular formula is C22H21N2O5S2-. The Hall–Kier alpha value is -2.78. The van der Waals surface area contributed by atoms with Gasteiger partial charge in [-0.05, 0) is 24.0 Å². The van der Waals surface area contributed by atoms with Gasteiger partial charge in [0.05, 0.1) is 23.3 Å². The van der Waals surface area contributed by atoms with Crippen molar-refractivity contribution >= 4 is 58.1 Å². The van der Waals surface area contributed by atoms with Crippen LogP contribution in [-0.2, 0) is 19.2 Å². The molecule has 1 aromatic rings. The first-order valence-electron chi connectivity index (χ1n) is 9.76. The van der Waals surface area contributed by atoms with E-state index in [1.54, 1.807) is 26.0 Å². The fourth-order valence-corrected chi connectivity index (χ4v) is 4.80. The second kappa shape index (κ2) is 9.57. The SMILES string of the molecule is CC(C)CC(C(=O)[O-])N1C(=O)CC(N2C(=O)C(=CC=Cc3ccccc3)SC2=S)C1=O. The fraction of sp³-hybridized carbons (Fsp3) is 0.318. The van der Waals surface area contributed by atoms with Crippen molar-refractivity contribution < 1.29 is 24.3 Å². The Labute approximate surface area is 189 Å². The van der Waals surface area contributed by atoms with Crippen molar-refractivity contribution in [3.8, 4) is 0 Å². The van der Waals surface area contributed by atoms with E-state index >= 15 is 0 Å². The van der Waals surface area contributed by atoms with E-state index in [1.807, 2.05) is 36.4 Å². The van der Waals surface area contributed by atoms with Gasteiger partial charge in [-0.15, -0.1) is 0 Å². The van der Waals surface area contributed by atoms with Crippen LogP contribution in [0.3, 0.4) is 0 Å².